The predicted octanol–water partition coefficient (Wildman–Crippen LogP) is 4.34. The molecule has 3 aromatic rings. The minimum absolute atomic E-state index is 0.0616. The number of amides is 2. The first-order chi connectivity index (χ1) is 16.6. The smallest absolute Gasteiger partial charge is 0.259 e. The second kappa shape index (κ2) is 10.5. The highest BCUT2D eigenvalue weighted by atomic mass is 35.5. The van der Waals surface area contributed by atoms with Crippen molar-refractivity contribution in [2.75, 3.05) is 11.2 Å². The van der Waals surface area contributed by atoms with Gasteiger partial charge in [-0.2, -0.15) is 5.26 Å². The number of halogens is 1. The third-order valence-electron chi connectivity index (χ3n) is 5.09. The van der Waals surface area contributed by atoms with E-state index in [1.807, 2.05) is 48.5 Å². The molecule has 0 saturated heterocycles. The van der Waals surface area contributed by atoms with E-state index in [1.54, 1.807) is 36.5 Å². The number of aromatic nitrogens is 1. The fourth-order valence-corrected chi connectivity index (χ4v) is 3.69. The van der Waals surface area contributed by atoms with E-state index in [9.17, 15) is 14.9 Å². The molecule has 2 heterocycles. The van der Waals surface area contributed by atoms with Crippen LogP contribution in [0.1, 0.15) is 17.0 Å². The van der Waals surface area contributed by atoms with Gasteiger partial charge in [0.25, 0.3) is 5.91 Å². The molecule has 2 amide bonds. The van der Waals surface area contributed by atoms with Crippen LogP contribution in [0, 0.1) is 11.3 Å². The number of ether oxygens (including phenoxy) is 1. The summed E-state index contributed by atoms with van der Waals surface area (Å²) < 4.78 is 6.04. The Kier molecular flexibility index (Phi) is 7.01. The maximum absolute atomic E-state index is 13.5. The lowest BCUT2D eigenvalue weighted by molar-refractivity contribution is -0.118. The topological polar surface area (TPSA) is 104 Å². The van der Waals surface area contributed by atoms with Gasteiger partial charge in [-0.05, 0) is 17.7 Å². The number of rotatable bonds is 6. The largest absolute Gasteiger partial charge is 0.439 e. The highest BCUT2D eigenvalue weighted by Crippen LogP contribution is 2.43. The highest BCUT2D eigenvalue weighted by Gasteiger charge is 2.38. The van der Waals surface area contributed by atoms with E-state index < -0.39 is 17.7 Å². The van der Waals surface area contributed by atoms with Crippen molar-refractivity contribution in [3.8, 4) is 6.07 Å². The van der Waals surface area contributed by atoms with Gasteiger partial charge in [0.05, 0.1) is 23.1 Å². The average Bonchev–Trinajstić information content (AvgIpc) is 2.89. The van der Waals surface area contributed by atoms with Crippen LogP contribution >= 0.6 is 11.6 Å². The zero-order valence-corrected chi connectivity index (χ0v) is 18.6. The van der Waals surface area contributed by atoms with Gasteiger partial charge >= 0.3 is 0 Å². The van der Waals surface area contributed by atoms with Gasteiger partial charge in [0.2, 0.25) is 11.8 Å². The van der Waals surface area contributed by atoms with Gasteiger partial charge in [-0.1, -0.05) is 66.7 Å². The number of carbonyl (C=O) groups is 2. The molecule has 7 nitrogen and oxygen atoms in total. The number of nitriles is 1. The summed E-state index contributed by atoms with van der Waals surface area (Å²) in [6.45, 7) is 0. The van der Waals surface area contributed by atoms with Crippen molar-refractivity contribution >= 4 is 35.0 Å². The molecule has 1 atom stereocenters. The number of anilines is 1. The third kappa shape index (κ3) is 4.82. The summed E-state index contributed by atoms with van der Waals surface area (Å²) in [5.74, 6) is -1.82. The van der Waals surface area contributed by atoms with Crippen LogP contribution in [0.3, 0.4) is 0 Å². The maximum Gasteiger partial charge on any atom is 0.259 e. The van der Waals surface area contributed by atoms with E-state index in [0.29, 0.717) is 16.9 Å². The molecule has 0 radical (unpaired) electrons. The summed E-state index contributed by atoms with van der Waals surface area (Å²) in [7, 11) is 0. The Morgan fingerprint density at radius 1 is 0.971 bits per heavy atom. The van der Waals surface area contributed by atoms with Gasteiger partial charge < -0.3 is 10.1 Å². The third-order valence-corrected chi connectivity index (χ3v) is 5.33. The number of allylic oxidation sites excluding steroid dienone is 1. The Labute approximate surface area is 201 Å². The number of hydrogen-bond acceptors (Lipinski definition) is 5. The van der Waals surface area contributed by atoms with Crippen molar-refractivity contribution in [1.29, 1.82) is 5.26 Å². The molecule has 1 aliphatic heterocycles. The second-order valence-electron chi connectivity index (χ2n) is 7.26. The molecule has 0 saturated carbocycles. The highest BCUT2D eigenvalue weighted by molar-refractivity contribution is 6.27. The predicted molar refractivity (Wildman–Crippen MR) is 128 cm³/mol. The standard InChI is InChI=1S/C26H19ClN4O3/c27-15-21(32)31-26-23(25(33)30-20-13-7-8-14-29-20)22(17-9-3-1-4-10-17)19(16-28)24(34-26)18-11-5-2-6-12-18/h1-14,22H,15H2,(H,31,32)(H,29,30,33). The zero-order valence-electron chi connectivity index (χ0n) is 17.9. The molecule has 168 valence electrons. The number of nitrogens with one attached hydrogen (secondary N) is 2. The zero-order chi connectivity index (χ0) is 23.9. The molecule has 2 aromatic carbocycles. The van der Waals surface area contributed by atoms with Crippen LogP contribution in [-0.4, -0.2) is 22.7 Å². The molecule has 2 N–H and O–H groups in total. The van der Waals surface area contributed by atoms with Gasteiger partial charge in [-0.15, -0.1) is 11.6 Å². The van der Waals surface area contributed by atoms with Gasteiger partial charge in [-0.25, -0.2) is 4.98 Å². The van der Waals surface area contributed by atoms with Crippen molar-refractivity contribution in [2.24, 2.45) is 0 Å². The number of carbonyl (C=O) groups excluding carboxylic acids is 2. The minimum Gasteiger partial charge on any atom is -0.439 e. The summed E-state index contributed by atoms with van der Waals surface area (Å²) >= 11 is 5.73. The summed E-state index contributed by atoms with van der Waals surface area (Å²) in [6, 6.07) is 25.4. The molecule has 34 heavy (non-hydrogen) atoms. The van der Waals surface area contributed by atoms with Gasteiger partial charge in [0.1, 0.15) is 11.7 Å². The van der Waals surface area contributed by atoms with E-state index in [-0.39, 0.29) is 28.7 Å². The molecule has 1 unspecified atom stereocenters. The lowest BCUT2D eigenvalue weighted by atomic mass is 9.81. The van der Waals surface area contributed by atoms with Crippen LogP contribution in [0.15, 0.2) is 102 Å². The lowest BCUT2D eigenvalue weighted by Gasteiger charge is -2.30. The molecule has 0 bridgehead atoms. The van der Waals surface area contributed by atoms with Crippen LogP contribution in [-0.2, 0) is 14.3 Å². The maximum atomic E-state index is 13.5. The minimum atomic E-state index is -0.815. The van der Waals surface area contributed by atoms with Gasteiger partial charge in [-0.3, -0.25) is 14.9 Å². The van der Waals surface area contributed by atoms with Crippen molar-refractivity contribution in [1.82, 2.24) is 10.3 Å². The number of benzene rings is 2. The first-order valence-electron chi connectivity index (χ1n) is 10.4. The van der Waals surface area contributed by atoms with Crippen molar-refractivity contribution in [3.63, 3.8) is 0 Å². The Bertz CT molecular complexity index is 1300. The monoisotopic (exact) mass is 470 g/mol. The summed E-state index contributed by atoms with van der Waals surface area (Å²) in [6.07, 6.45) is 1.54. The Hall–Kier alpha value is -4.41. The SMILES string of the molecule is N#CC1=C(c2ccccc2)OC(NC(=O)CCl)=C(C(=O)Nc2ccccn2)C1c1ccccc1. The molecule has 8 heteroatoms. The molecular formula is C26H19ClN4O3. The summed E-state index contributed by atoms with van der Waals surface area (Å²) in [4.78, 5) is 29.9. The Morgan fingerprint density at radius 3 is 2.26 bits per heavy atom. The van der Waals surface area contributed by atoms with Crippen LogP contribution in [0.2, 0.25) is 0 Å². The van der Waals surface area contributed by atoms with Crippen LogP contribution in [0.5, 0.6) is 0 Å². The van der Waals surface area contributed by atoms with Crippen molar-refractivity contribution in [3.05, 3.63) is 113 Å². The first-order valence-corrected chi connectivity index (χ1v) is 10.9. The Balaban J connectivity index is 1.91. The van der Waals surface area contributed by atoms with Crippen LogP contribution in [0.25, 0.3) is 5.76 Å². The number of pyridine rings is 1. The molecular weight excluding hydrogens is 452 g/mol. The summed E-state index contributed by atoms with van der Waals surface area (Å²) in [5.41, 5.74) is 1.60. The van der Waals surface area contributed by atoms with E-state index in [1.165, 1.54) is 0 Å². The second-order valence-corrected chi connectivity index (χ2v) is 7.53. The lowest BCUT2D eigenvalue weighted by Crippen LogP contribution is -2.34. The van der Waals surface area contributed by atoms with E-state index in [4.69, 9.17) is 16.3 Å². The number of hydrogen-bond donors (Lipinski definition) is 2. The van der Waals surface area contributed by atoms with Gasteiger partial charge in [0, 0.05) is 11.8 Å². The molecule has 0 aliphatic carbocycles. The first kappa shape index (κ1) is 22.8. The fourth-order valence-electron chi connectivity index (χ4n) is 3.62. The van der Waals surface area contributed by atoms with Crippen LogP contribution in [0.4, 0.5) is 5.82 Å². The normalized spacial score (nSPS) is 15.2. The quantitative estimate of drug-likeness (QED) is 0.521. The van der Waals surface area contributed by atoms with E-state index >= 15 is 0 Å². The van der Waals surface area contributed by atoms with Crippen molar-refractivity contribution in [2.45, 2.75) is 5.92 Å². The number of nitrogens with zero attached hydrogens (tertiary/aromatic N) is 2. The number of alkyl halides is 1. The molecule has 0 spiro atoms. The van der Waals surface area contributed by atoms with Crippen LogP contribution < -0.4 is 10.6 Å². The Morgan fingerprint density at radius 2 is 1.65 bits per heavy atom. The van der Waals surface area contributed by atoms with Crippen molar-refractivity contribution < 1.29 is 14.3 Å². The molecule has 1 aliphatic rings. The average molecular weight is 471 g/mol. The van der Waals surface area contributed by atoms with Gasteiger partial charge in [0.15, 0.2) is 5.76 Å². The fraction of sp³-hybridized carbons (Fsp3) is 0.0769. The molecule has 0 fully saturated rings. The summed E-state index contributed by atoms with van der Waals surface area (Å²) in [5, 5.41) is 15.5. The van der Waals surface area contributed by atoms with E-state index in [0.717, 1.165) is 0 Å². The van der Waals surface area contributed by atoms with E-state index in [2.05, 4.69) is 21.7 Å². The molecule has 1 aromatic heterocycles. The molecule has 4 rings (SSSR count).